The molecule has 0 saturated carbocycles. The molecule has 1 aliphatic heterocycles. The topological polar surface area (TPSA) is 58.3 Å². The van der Waals surface area contributed by atoms with Crippen molar-refractivity contribution in [2.24, 2.45) is 0 Å². The SMILES string of the molecule is CC(C)=C(C)c1ccc2c(N3CCN(C)CC3)nc(N)nc2c1. The Bertz CT molecular complexity index is 753. The lowest BCUT2D eigenvalue weighted by atomic mass is 10.0. The van der Waals surface area contributed by atoms with Crippen molar-refractivity contribution in [3.8, 4) is 0 Å². The van der Waals surface area contributed by atoms with Crippen LogP contribution < -0.4 is 10.6 Å². The molecule has 0 amide bonds. The zero-order valence-corrected chi connectivity index (χ0v) is 14.4. The van der Waals surface area contributed by atoms with Crippen LogP contribution in [0.2, 0.25) is 0 Å². The maximum atomic E-state index is 5.97. The van der Waals surface area contributed by atoms with Crippen molar-refractivity contribution in [3.63, 3.8) is 0 Å². The third kappa shape index (κ3) is 3.15. The average Bonchev–Trinajstić information content (AvgIpc) is 2.53. The Morgan fingerprint density at radius 3 is 2.39 bits per heavy atom. The van der Waals surface area contributed by atoms with E-state index in [1.807, 2.05) is 0 Å². The summed E-state index contributed by atoms with van der Waals surface area (Å²) in [6.07, 6.45) is 0. The standard InChI is InChI=1S/C18H25N5/c1-12(2)13(3)14-5-6-15-16(11-14)20-18(19)21-17(15)23-9-7-22(4)8-10-23/h5-6,11H,7-10H2,1-4H3,(H2,19,20,21). The number of likely N-dealkylation sites (N-methyl/N-ethyl adjacent to an activating group) is 1. The van der Waals surface area contributed by atoms with Gasteiger partial charge in [-0.25, -0.2) is 4.98 Å². The van der Waals surface area contributed by atoms with E-state index in [0.717, 1.165) is 42.9 Å². The number of hydrogen-bond acceptors (Lipinski definition) is 5. The molecular formula is C18H25N5. The molecular weight excluding hydrogens is 286 g/mol. The van der Waals surface area contributed by atoms with Crippen molar-refractivity contribution in [2.75, 3.05) is 43.9 Å². The summed E-state index contributed by atoms with van der Waals surface area (Å²) in [5, 5.41) is 1.08. The molecule has 122 valence electrons. The van der Waals surface area contributed by atoms with Crippen LogP contribution in [0, 0.1) is 0 Å². The molecule has 0 bridgehead atoms. The number of hydrogen-bond donors (Lipinski definition) is 1. The highest BCUT2D eigenvalue weighted by Gasteiger charge is 2.19. The van der Waals surface area contributed by atoms with E-state index in [-0.39, 0.29) is 0 Å². The van der Waals surface area contributed by atoms with Crippen molar-refractivity contribution in [2.45, 2.75) is 20.8 Å². The quantitative estimate of drug-likeness (QED) is 0.924. The van der Waals surface area contributed by atoms with Crippen LogP contribution >= 0.6 is 0 Å². The van der Waals surface area contributed by atoms with E-state index in [4.69, 9.17) is 5.73 Å². The number of nitrogen functional groups attached to an aromatic ring is 1. The van der Waals surface area contributed by atoms with Gasteiger partial charge in [-0.05, 0) is 51.1 Å². The zero-order valence-electron chi connectivity index (χ0n) is 14.4. The zero-order chi connectivity index (χ0) is 16.6. The molecule has 1 fully saturated rings. The van der Waals surface area contributed by atoms with Crippen molar-refractivity contribution < 1.29 is 0 Å². The fraction of sp³-hybridized carbons (Fsp3) is 0.444. The Kier molecular flexibility index (Phi) is 4.22. The van der Waals surface area contributed by atoms with Gasteiger partial charge >= 0.3 is 0 Å². The normalized spacial score (nSPS) is 15.9. The lowest BCUT2D eigenvalue weighted by Crippen LogP contribution is -2.45. The molecule has 5 heteroatoms. The van der Waals surface area contributed by atoms with Crippen LogP contribution in [0.3, 0.4) is 0 Å². The first kappa shape index (κ1) is 15.7. The molecule has 23 heavy (non-hydrogen) atoms. The van der Waals surface area contributed by atoms with Crippen molar-refractivity contribution in [1.82, 2.24) is 14.9 Å². The number of rotatable bonds is 2. The van der Waals surface area contributed by atoms with Crippen LogP contribution in [0.25, 0.3) is 16.5 Å². The molecule has 2 heterocycles. The Morgan fingerprint density at radius 1 is 1.04 bits per heavy atom. The van der Waals surface area contributed by atoms with Gasteiger partial charge in [0, 0.05) is 31.6 Å². The van der Waals surface area contributed by atoms with Gasteiger partial charge in [0.05, 0.1) is 5.52 Å². The van der Waals surface area contributed by atoms with Gasteiger partial charge in [0.15, 0.2) is 0 Å². The van der Waals surface area contributed by atoms with Crippen LogP contribution in [0.5, 0.6) is 0 Å². The van der Waals surface area contributed by atoms with Gasteiger partial charge in [-0.15, -0.1) is 0 Å². The first-order valence-corrected chi connectivity index (χ1v) is 8.11. The Morgan fingerprint density at radius 2 is 1.74 bits per heavy atom. The van der Waals surface area contributed by atoms with E-state index >= 15 is 0 Å². The molecule has 0 unspecified atom stereocenters. The summed E-state index contributed by atoms with van der Waals surface area (Å²) in [6, 6.07) is 6.41. The predicted molar refractivity (Wildman–Crippen MR) is 97.6 cm³/mol. The molecule has 2 N–H and O–H groups in total. The second-order valence-electron chi connectivity index (χ2n) is 6.55. The van der Waals surface area contributed by atoms with E-state index in [2.05, 4.69) is 65.8 Å². The second kappa shape index (κ2) is 6.16. The van der Waals surface area contributed by atoms with Gasteiger partial charge in [-0.1, -0.05) is 11.6 Å². The monoisotopic (exact) mass is 311 g/mol. The molecule has 3 rings (SSSR count). The van der Waals surface area contributed by atoms with Crippen molar-refractivity contribution in [3.05, 3.63) is 29.3 Å². The Labute approximate surface area is 137 Å². The summed E-state index contributed by atoms with van der Waals surface area (Å²) in [5.41, 5.74) is 10.7. The molecule has 1 aromatic carbocycles. The van der Waals surface area contributed by atoms with Gasteiger partial charge in [-0.2, -0.15) is 4.98 Å². The lowest BCUT2D eigenvalue weighted by Gasteiger charge is -2.33. The molecule has 5 nitrogen and oxygen atoms in total. The number of anilines is 2. The highest BCUT2D eigenvalue weighted by atomic mass is 15.3. The number of allylic oxidation sites excluding steroid dienone is 2. The van der Waals surface area contributed by atoms with E-state index < -0.39 is 0 Å². The molecule has 1 aromatic heterocycles. The molecule has 0 spiro atoms. The maximum Gasteiger partial charge on any atom is 0.222 e. The van der Waals surface area contributed by atoms with Crippen LogP contribution in [0.4, 0.5) is 11.8 Å². The largest absolute Gasteiger partial charge is 0.368 e. The first-order chi connectivity index (χ1) is 11.0. The molecule has 0 radical (unpaired) electrons. The van der Waals surface area contributed by atoms with E-state index in [1.165, 1.54) is 16.7 Å². The van der Waals surface area contributed by atoms with Crippen LogP contribution in [0.1, 0.15) is 26.3 Å². The summed E-state index contributed by atoms with van der Waals surface area (Å²) in [7, 11) is 2.15. The third-order valence-corrected chi connectivity index (χ3v) is 4.68. The smallest absolute Gasteiger partial charge is 0.222 e. The molecule has 0 atom stereocenters. The van der Waals surface area contributed by atoms with Gasteiger partial charge in [0.25, 0.3) is 0 Å². The number of piperazine rings is 1. The minimum Gasteiger partial charge on any atom is -0.368 e. The minimum absolute atomic E-state index is 0.346. The van der Waals surface area contributed by atoms with Gasteiger partial charge in [-0.3, -0.25) is 0 Å². The molecule has 1 saturated heterocycles. The lowest BCUT2D eigenvalue weighted by molar-refractivity contribution is 0.312. The highest BCUT2D eigenvalue weighted by Crippen LogP contribution is 2.29. The number of aromatic nitrogens is 2. The predicted octanol–water partition coefficient (Wildman–Crippen LogP) is 2.78. The minimum atomic E-state index is 0.346. The van der Waals surface area contributed by atoms with Crippen LogP contribution in [-0.4, -0.2) is 48.1 Å². The Hall–Kier alpha value is -2.14. The van der Waals surface area contributed by atoms with Crippen molar-refractivity contribution >= 4 is 28.2 Å². The van der Waals surface area contributed by atoms with Crippen molar-refractivity contribution in [1.29, 1.82) is 0 Å². The summed E-state index contributed by atoms with van der Waals surface area (Å²) in [5.74, 6) is 1.31. The Balaban J connectivity index is 2.07. The maximum absolute atomic E-state index is 5.97. The van der Waals surface area contributed by atoms with E-state index in [1.54, 1.807) is 0 Å². The first-order valence-electron chi connectivity index (χ1n) is 8.11. The summed E-state index contributed by atoms with van der Waals surface area (Å²) in [4.78, 5) is 13.6. The fourth-order valence-corrected chi connectivity index (χ4v) is 2.91. The van der Waals surface area contributed by atoms with E-state index in [0.29, 0.717) is 5.95 Å². The summed E-state index contributed by atoms with van der Waals surface area (Å²) < 4.78 is 0. The average molecular weight is 311 g/mol. The summed E-state index contributed by atoms with van der Waals surface area (Å²) >= 11 is 0. The molecule has 2 aromatic rings. The van der Waals surface area contributed by atoms with Gasteiger partial charge in [0.1, 0.15) is 5.82 Å². The number of benzene rings is 1. The van der Waals surface area contributed by atoms with Crippen LogP contribution in [-0.2, 0) is 0 Å². The number of nitrogens with zero attached hydrogens (tertiary/aromatic N) is 4. The van der Waals surface area contributed by atoms with Gasteiger partial charge in [0.2, 0.25) is 5.95 Å². The van der Waals surface area contributed by atoms with E-state index in [9.17, 15) is 0 Å². The van der Waals surface area contributed by atoms with Gasteiger partial charge < -0.3 is 15.5 Å². The number of nitrogens with two attached hydrogens (primary N) is 1. The fourth-order valence-electron chi connectivity index (χ4n) is 2.91. The second-order valence-corrected chi connectivity index (χ2v) is 6.55. The number of fused-ring (bicyclic) bond motifs is 1. The highest BCUT2D eigenvalue weighted by molar-refractivity contribution is 5.92. The molecule has 0 aliphatic carbocycles. The molecule has 1 aliphatic rings. The van der Waals surface area contributed by atoms with Crippen LogP contribution in [0.15, 0.2) is 23.8 Å². The summed E-state index contributed by atoms with van der Waals surface area (Å²) in [6.45, 7) is 10.4. The third-order valence-electron chi connectivity index (χ3n) is 4.68.